The van der Waals surface area contributed by atoms with Gasteiger partial charge in [0, 0.05) is 188 Å². The van der Waals surface area contributed by atoms with Crippen molar-refractivity contribution >= 4 is 88.0 Å². The van der Waals surface area contributed by atoms with Gasteiger partial charge in [0.1, 0.15) is 69.7 Å². The number of methoxy groups -OCH3 is 4. The number of likely N-dealkylation sites (tertiary alicyclic amines) is 2. The first kappa shape index (κ1) is 136. The minimum Gasteiger partial charge on any atom is -0.481 e. The molecule has 26 heteroatoms. The fraction of sp³-hybridized carbons (Fsp3) is 0.831. The highest BCUT2D eigenvalue weighted by Gasteiger charge is 2.39. The average molecular weight is 2110 g/mol. The largest absolute Gasteiger partial charge is 0.481 e. The molecule has 7 heterocycles. The number of nitrogens with zero attached hydrogens (tertiary/aromatic N) is 6. The lowest BCUT2D eigenvalue weighted by Gasteiger charge is -2.24. The van der Waals surface area contributed by atoms with Gasteiger partial charge in [0.25, 0.3) is 5.97 Å². The highest BCUT2D eigenvalue weighted by atomic mass is 16.6. The van der Waals surface area contributed by atoms with Gasteiger partial charge in [-0.05, 0) is 259 Å². The van der Waals surface area contributed by atoms with Crippen LogP contribution >= 0.6 is 0 Å². The third-order valence-corrected chi connectivity index (χ3v) is 32.4. The Morgan fingerprint density at radius 2 is 0.567 bits per heavy atom. The highest BCUT2D eigenvalue weighted by Crippen LogP contribution is 2.36. The molecule has 7 saturated heterocycles. The van der Waals surface area contributed by atoms with E-state index in [1.165, 1.54) is 370 Å². The molecule has 16 aliphatic rings. The van der Waals surface area contributed by atoms with E-state index in [9.17, 15) is 47.9 Å². The number of ether oxygens (including phenoxy) is 7. The fourth-order valence-electron chi connectivity index (χ4n) is 24.1. The zero-order chi connectivity index (χ0) is 108. The quantitative estimate of drug-likeness (QED) is 0.0392. The molecule has 12 unspecified atom stereocenters. The van der Waals surface area contributed by atoms with E-state index >= 15 is 0 Å². The number of rotatable bonds is 24. The number of carbonyl (C=O) groups is 11. The van der Waals surface area contributed by atoms with Gasteiger partial charge in [-0.2, -0.15) is 0 Å². The second-order valence-corrected chi connectivity index (χ2v) is 44.6. The second kappa shape index (κ2) is 81.8. The van der Waals surface area contributed by atoms with Crippen LogP contribution in [0.2, 0.25) is 0 Å². The van der Waals surface area contributed by atoms with Crippen LogP contribution in [0.1, 0.15) is 457 Å². The first-order chi connectivity index (χ1) is 71.4. The minimum absolute atomic E-state index is 0. The maximum absolute atomic E-state index is 11.8. The summed E-state index contributed by atoms with van der Waals surface area (Å²) in [5, 5.41) is 10.6. The maximum Gasteiger partial charge on any atom is 0.332 e. The molecule has 150 heavy (non-hydrogen) atoms. The number of aliphatic carboxylic acids is 1. The van der Waals surface area contributed by atoms with Crippen molar-refractivity contribution in [2.24, 2.45) is 71.0 Å². The van der Waals surface area contributed by atoms with Gasteiger partial charge in [-0.25, -0.2) is 23.1 Å². The van der Waals surface area contributed by atoms with Gasteiger partial charge in [0.05, 0.1) is 83.8 Å². The van der Waals surface area contributed by atoms with Crippen LogP contribution in [0.25, 0.3) is 0 Å². The third kappa shape index (κ3) is 55.0. The molecule has 12 atom stereocenters. The third-order valence-electron chi connectivity index (χ3n) is 32.4. The molecule has 16 rings (SSSR count). The standard InChI is InChI=1S/2C16H28NO2.2C15H26NO2.C12H20O3.C11H18O3.2C10H17N.C6H10O.C5H8O2.C4H9N.C2H4O2.2CH4/c2*1-3-19-16(18)13(2)12-14-8-4-5-9-15(14)17-10-6-7-11-17;2*1-12(15(17)18-2)11-13-7-3-4-8-14(13)16-9-5-6-10-16;1-3-15-12(14)9(2)8-10-6-4-5-7-11(10)13;1-8(11(13)14-2)7-9-5-3-4-6-10(9)12;2*1-2-6-10(7-3-1)11-8-4-5-9-11;7-6-4-2-1-3-5-6;1-4(2)5(6)7-3;1-2-4-5-3-1;1-2(3)4;;/h2*13-14H,3-12H2,1-2H3;2*12-13H,3-11H2,1-2H3;9-10H,3-8H2,1-2H3;8-9H,3-7H2,1-2H3;2*6H,1-5,7-9H2;1-5H2;1H2,2-3H3;5H,1-4H2;1H3,(H,3,4);2*1H4/q4*+1;;;;;;;;;;. The van der Waals surface area contributed by atoms with Crippen molar-refractivity contribution in [3.05, 3.63) is 35.7 Å². The smallest absolute Gasteiger partial charge is 0.332 e. The number of nitrogens with one attached hydrogen (secondary N) is 1. The first-order valence-electron chi connectivity index (χ1n) is 59.7. The second-order valence-electron chi connectivity index (χ2n) is 44.6. The average Bonchev–Trinajstić information content (AvgIpc) is 1.62. The van der Waals surface area contributed by atoms with Crippen LogP contribution < -0.4 is 5.32 Å². The van der Waals surface area contributed by atoms with Gasteiger partial charge >= 0.3 is 41.8 Å². The Labute approximate surface area is 910 Å². The Hall–Kier alpha value is -7.77. The lowest BCUT2D eigenvalue weighted by Crippen LogP contribution is -2.32. The van der Waals surface area contributed by atoms with Crippen LogP contribution in [0.5, 0.6) is 0 Å². The van der Waals surface area contributed by atoms with E-state index in [0.717, 1.165) is 96.8 Å². The van der Waals surface area contributed by atoms with Crippen molar-refractivity contribution in [2.75, 3.05) is 140 Å². The van der Waals surface area contributed by atoms with Crippen LogP contribution in [-0.4, -0.2) is 261 Å². The van der Waals surface area contributed by atoms with E-state index in [0.29, 0.717) is 92.1 Å². The number of allylic oxidation sites excluding steroid dienone is 4. The Balaban J connectivity index is 0.000000428. The molecule has 860 valence electrons. The van der Waals surface area contributed by atoms with Gasteiger partial charge in [-0.1, -0.05) is 120 Å². The molecule has 0 radical (unpaired) electrons. The summed E-state index contributed by atoms with van der Waals surface area (Å²) in [6, 6.07) is 0. The highest BCUT2D eigenvalue weighted by molar-refractivity contribution is 5.88. The molecule has 26 nitrogen and oxygen atoms in total. The van der Waals surface area contributed by atoms with E-state index in [2.05, 4.69) is 61.6 Å². The van der Waals surface area contributed by atoms with Gasteiger partial charge in [0.15, 0.2) is 22.8 Å². The number of hydrogen-bond acceptors (Lipinski definition) is 21. The zero-order valence-corrected chi connectivity index (χ0v) is 96.1. The van der Waals surface area contributed by atoms with Crippen LogP contribution in [-0.2, 0) is 85.9 Å². The predicted molar refractivity (Wildman–Crippen MR) is 606 cm³/mol. The molecule has 9 aliphatic carbocycles. The summed E-state index contributed by atoms with van der Waals surface area (Å²) in [6.07, 6.45) is 73.7. The topological polar surface area (TPSA) is 303 Å². The number of carbonyl (C=O) groups excluding carboxylic acids is 10. The van der Waals surface area contributed by atoms with Crippen molar-refractivity contribution in [1.29, 1.82) is 0 Å². The molecule has 7 aliphatic heterocycles. The number of carboxylic acids is 1. The molecule has 7 saturated carbocycles. The summed E-state index contributed by atoms with van der Waals surface area (Å²) < 4.78 is 44.2. The predicted octanol–water partition coefficient (Wildman–Crippen LogP) is 24.6. The van der Waals surface area contributed by atoms with E-state index in [4.69, 9.17) is 33.6 Å². The summed E-state index contributed by atoms with van der Waals surface area (Å²) in [7, 11) is 5.70. The Kier molecular flexibility index (Phi) is 74.4. The summed E-state index contributed by atoms with van der Waals surface area (Å²) in [6.45, 7) is 42.4. The van der Waals surface area contributed by atoms with Crippen LogP contribution in [0, 0.1) is 71.0 Å². The normalized spacial score (nSPS) is 23.5. The number of Topliss-reactive ketones (excluding diaryl/α,β-unsaturated/α-hetero) is 3. The van der Waals surface area contributed by atoms with Gasteiger partial charge in [-0.3, -0.25) is 47.9 Å². The van der Waals surface area contributed by atoms with Gasteiger partial charge in [0.2, 0.25) is 0 Å². The molecule has 0 aromatic carbocycles. The molecule has 0 spiro atoms. The number of carboxylic acid groups (broad SMARTS) is 1. The molecule has 0 bridgehead atoms. The summed E-state index contributed by atoms with van der Waals surface area (Å²) in [5.74, 6) is 1.95. The lowest BCUT2D eigenvalue weighted by atomic mass is 9.81. The molecule has 0 aromatic rings. The SMILES string of the molecule is C.C.C1=C(N2CCCC2)CCCC1.C1=C(N2CCCC2)CCCC1.C1CCNC1.C=C(C)C(=O)OC.CC(=O)O.CCOC(=O)C(C)CC1CCCCC1=O.CCOC(=O)C(C)CC1CCCCC1=[N+]1CCCC1.CCOC(=O)C(C)CC1CCCCC1=[N+]1CCCC1.COC(=O)C(C)CC1CCCCC1=O.COC(=O)C(C)CC1CCCCC1=[N+]1CCCC1.COC(=O)C(C)CC1CCCCC1=[N+]1CCCC1.O=C1CCCCC1. The van der Waals surface area contributed by atoms with E-state index < -0.39 is 5.97 Å². The number of ketones is 3. The van der Waals surface area contributed by atoms with Crippen molar-refractivity contribution in [3.8, 4) is 0 Å². The van der Waals surface area contributed by atoms with Crippen LogP contribution in [0.15, 0.2) is 35.7 Å². The van der Waals surface area contributed by atoms with Crippen molar-refractivity contribution in [2.45, 2.75) is 457 Å². The van der Waals surface area contributed by atoms with E-state index in [1.54, 1.807) is 48.1 Å². The molecule has 0 amide bonds. The van der Waals surface area contributed by atoms with E-state index in [1.807, 2.05) is 55.4 Å². The van der Waals surface area contributed by atoms with Gasteiger partial charge in [-0.15, -0.1) is 0 Å². The minimum atomic E-state index is -0.833. The molecule has 0 aromatic heterocycles. The van der Waals surface area contributed by atoms with Crippen LogP contribution in [0.3, 0.4) is 0 Å². The van der Waals surface area contributed by atoms with Crippen molar-refractivity contribution in [3.63, 3.8) is 0 Å². The first-order valence-corrected chi connectivity index (χ1v) is 59.7. The van der Waals surface area contributed by atoms with Gasteiger partial charge < -0.3 is 53.4 Å². The molecule has 2 N–H and O–H groups in total. The Morgan fingerprint density at radius 3 is 0.767 bits per heavy atom. The Bertz CT molecular complexity index is 3890. The summed E-state index contributed by atoms with van der Waals surface area (Å²) >= 11 is 0. The zero-order valence-electron chi connectivity index (χ0n) is 96.1. The maximum atomic E-state index is 11.8. The molecular formula is C124H219N7O19+4. The monoisotopic (exact) mass is 2110 g/mol. The molecule has 14 fully saturated rings. The lowest BCUT2D eigenvalue weighted by molar-refractivity contribution is -0.510. The van der Waals surface area contributed by atoms with Crippen molar-refractivity contribution < 1.29 is 109 Å². The summed E-state index contributed by atoms with van der Waals surface area (Å²) in [5.41, 5.74) is 10.3. The Morgan fingerprint density at radius 1 is 0.327 bits per heavy atom. The number of hydrogen-bond donors (Lipinski definition) is 2. The molecular weight excluding hydrogens is 1890 g/mol. The van der Waals surface area contributed by atoms with Crippen LogP contribution in [0.4, 0.5) is 0 Å². The fourth-order valence-corrected chi connectivity index (χ4v) is 24.1. The number of esters is 7. The van der Waals surface area contributed by atoms with E-state index in [-0.39, 0.29) is 104 Å². The van der Waals surface area contributed by atoms with Crippen molar-refractivity contribution in [1.82, 2.24) is 15.1 Å². The summed E-state index contributed by atoms with van der Waals surface area (Å²) in [4.78, 5) is 127.